The van der Waals surface area contributed by atoms with Gasteiger partial charge in [-0.1, -0.05) is 30.3 Å². The molecular formula is C23H28FN3O4S. The second-order valence-corrected chi connectivity index (χ2v) is 9.68. The van der Waals surface area contributed by atoms with E-state index in [0.29, 0.717) is 19.4 Å². The van der Waals surface area contributed by atoms with E-state index >= 15 is 0 Å². The zero-order valence-corrected chi connectivity index (χ0v) is 18.9. The van der Waals surface area contributed by atoms with Crippen molar-refractivity contribution in [2.75, 3.05) is 26.2 Å². The lowest BCUT2D eigenvalue weighted by Crippen LogP contribution is -2.47. The molecule has 1 aliphatic rings. The Morgan fingerprint density at radius 2 is 1.69 bits per heavy atom. The zero-order valence-electron chi connectivity index (χ0n) is 18.0. The molecule has 32 heavy (non-hydrogen) atoms. The summed E-state index contributed by atoms with van der Waals surface area (Å²) in [7, 11) is -3.57. The van der Waals surface area contributed by atoms with Gasteiger partial charge < -0.3 is 10.2 Å². The number of amides is 2. The smallest absolute Gasteiger partial charge is 0.243 e. The van der Waals surface area contributed by atoms with Gasteiger partial charge in [0.1, 0.15) is 5.82 Å². The van der Waals surface area contributed by atoms with Crippen LogP contribution in [0.15, 0.2) is 59.5 Å². The minimum Gasteiger partial charge on any atom is -0.350 e. The Hall–Kier alpha value is -2.78. The average molecular weight is 462 g/mol. The van der Waals surface area contributed by atoms with Crippen molar-refractivity contribution in [1.82, 2.24) is 14.5 Å². The van der Waals surface area contributed by atoms with Gasteiger partial charge in [0, 0.05) is 32.1 Å². The monoisotopic (exact) mass is 461 g/mol. The molecule has 0 radical (unpaired) electrons. The van der Waals surface area contributed by atoms with Crippen LogP contribution in [0.25, 0.3) is 0 Å². The predicted octanol–water partition coefficient (Wildman–Crippen LogP) is 2.39. The Bertz CT molecular complexity index is 1020. The molecule has 0 aliphatic carbocycles. The first-order valence-corrected chi connectivity index (χ1v) is 12.1. The van der Waals surface area contributed by atoms with Crippen molar-refractivity contribution in [3.63, 3.8) is 0 Å². The molecule has 2 amide bonds. The number of hydrogen-bond acceptors (Lipinski definition) is 4. The van der Waals surface area contributed by atoms with E-state index in [1.165, 1.54) is 21.3 Å². The number of sulfonamides is 1. The number of rotatable bonds is 8. The van der Waals surface area contributed by atoms with Crippen molar-refractivity contribution in [3.05, 3.63) is 66.0 Å². The van der Waals surface area contributed by atoms with Crippen molar-refractivity contribution in [1.29, 1.82) is 0 Å². The molecule has 3 rings (SSSR count). The number of carbonyl (C=O) groups excluding carboxylic acids is 2. The van der Waals surface area contributed by atoms with Crippen LogP contribution in [0.2, 0.25) is 0 Å². The Morgan fingerprint density at radius 1 is 1.06 bits per heavy atom. The van der Waals surface area contributed by atoms with Crippen LogP contribution < -0.4 is 5.32 Å². The molecule has 172 valence electrons. The number of nitrogens with zero attached hydrogens (tertiary/aromatic N) is 2. The molecule has 7 nitrogen and oxygen atoms in total. The standard InChI is InChI=1S/C23H28FN3O4S/c1-2-26(17-22(28)25-16-18-8-10-20(24)11-9-18)23(29)19-12-14-27(15-13-19)32(30,31)21-6-4-3-5-7-21/h3-11,19H,2,12-17H2,1H3,(H,25,28). The van der Waals surface area contributed by atoms with Gasteiger partial charge in [-0.2, -0.15) is 4.31 Å². The van der Waals surface area contributed by atoms with Gasteiger partial charge in [-0.05, 0) is 49.6 Å². The van der Waals surface area contributed by atoms with Crippen molar-refractivity contribution < 1.29 is 22.4 Å². The summed E-state index contributed by atoms with van der Waals surface area (Å²) in [6.45, 7) is 2.90. The normalized spacial score (nSPS) is 15.3. The maximum atomic E-state index is 13.0. The molecule has 1 aliphatic heterocycles. The van der Waals surface area contributed by atoms with Crippen LogP contribution >= 0.6 is 0 Å². The molecule has 0 aromatic heterocycles. The van der Waals surface area contributed by atoms with Gasteiger partial charge >= 0.3 is 0 Å². The summed E-state index contributed by atoms with van der Waals surface area (Å²) < 4.78 is 39.9. The van der Waals surface area contributed by atoms with Gasteiger partial charge in [0.05, 0.1) is 11.4 Å². The van der Waals surface area contributed by atoms with E-state index in [0.717, 1.165) is 5.56 Å². The highest BCUT2D eigenvalue weighted by atomic mass is 32.2. The number of nitrogens with one attached hydrogen (secondary N) is 1. The summed E-state index contributed by atoms with van der Waals surface area (Å²) in [4.78, 5) is 27.0. The maximum absolute atomic E-state index is 13.0. The zero-order chi connectivity index (χ0) is 23.1. The summed E-state index contributed by atoms with van der Waals surface area (Å²) in [5.41, 5.74) is 0.765. The number of halogens is 1. The van der Waals surface area contributed by atoms with Crippen LogP contribution in [0, 0.1) is 11.7 Å². The predicted molar refractivity (Wildman–Crippen MR) is 118 cm³/mol. The molecule has 2 aromatic rings. The van der Waals surface area contributed by atoms with E-state index in [-0.39, 0.29) is 54.6 Å². The second kappa shape index (κ2) is 10.7. The molecule has 1 N–H and O–H groups in total. The van der Waals surface area contributed by atoms with Gasteiger partial charge in [0.15, 0.2) is 0 Å². The van der Waals surface area contributed by atoms with E-state index in [9.17, 15) is 22.4 Å². The molecule has 0 atom stereocenters. The summed E-state index contributed by atoms with van der Waals surface area (Å²) in [5, 5.41) is 2.74. The lowest BCUT2D eigenvalue weighted by Gasteiger charge is -2.33. The SMILES string of the molecule is CCN(CC(=O)NCc1ccc(F)cc1)C(=O)C1CCN(S(=O)(=O)c2ccccc2)CC1. The number of hydrogen-bond donors (Lipinski definition) is 1. The minimum absolute atomic E-state index is 0.0704. The van der Waals surface area contributed by atoms with Crippen molar-refractivity contribution in [2.24, 2.45) is 5.92 Å². The fourth-order valence-corrected chi connectivity index (χ4v) is 5.21. The van der Waals surface area contributed by atoms with Gasteiger partial charge in [-0.15, -0.1) is 0 Å². The van der Waals surface area contributed by atoms with Gasteiger partial charge in [-0.25, -0.2) is 12.8 Å². The van der Waals surface area contributed by atoms with E-state index in [2.05, 4.69) is 5.32 Å². The minimum atomic E-state index is -3.57. The summed E-state index contributed by atoms with van der Waals surface area (Å²) in [6, 6.07) is 14.1. The van der Waals surface area contributed by atoms with Gasteiger partial charge in [0.2, 0.25) is 21.8 Å². The third kappa shape index (κ3) is 5.92. The molecule has 2 aromatic carbocycles. The Labute approximate surface area is 188 Å². The van der Waals surface area contributed by atoms with Crippen LogP contribution in [-0.4, -0.2) is 55.6 Å². The Morgan fingerprint density at radius 3 is 2.28 bits per heavy atom. The fourth-order valence-electron chi connectivity index (χ4n) is 3.72. The highest BCUT2D eigenvalue weighted by molar-refractivity contribution is 7.89. The van der Waals surface area contributed by atoms with Gasteiger partial charge in [0.25, 0.3) is 0 Å². The molecule has 9 heteroatoms. The summed E-state index contributed by atoms with van der Waals surface area (Å²) in [6.07, 6.45) is 0.831. The third-order valence-corrected chi connectivity index (χ3v) is 7.53. The van der Waals surface area contributed by atoms with E-state index in [1.807, 2.05) is 0 Å². The first-order chi connectivity index (χ1) is 15.3. The number of carbonyl (C=O) groups is 2. The van der Waals surface area contributed by atoms with Crippen LogP contribution in [0.1, 0.15) is 25.3 Å². The first-order valence-electron chi connectivity index (χ1n) is 10.7. The highest BCUT2D eigenvalue weighted by Crippen LogP contribution is 2.25. The fraction of sp³-hybridized carbons (Fsp3) is 0.391. The molecule has 0 unspecified atom stereocenters. The van der Waals surface area contributed by atoms with E-state index < -0.39 is 10.0 Å². The maximum Gasteiger partial charge on any atom is 0.243 e. The average Bonchev–Trinajstić information content (AvgIpc) is 2.82. The number of piperidine rings is 1. The van der Waals surface area contributed by atoms with Gasteiger partial charge in [-0.3, -0.25) is 9.59 Å². The molecule has 0 bridgehead atoms. The number of benzene rings is 2. The lowest BCUT2D eigenvalue weighted by atomic mass is 9.96. The summed E-state index contributed by atoms with van der Waals surface area (Å²) in [5.74, 6) is -1.10. The number of likely N-dealkylation sites (N-methyl/N-ethyl adjacent to an activating group) is 1. The molecule has 1 saturated heterocycles. The van der Waals surface area contributed by atoms with Crippen LogP contribution in [0.3, 0.4) is 0 Å². The summed E-state index contributed by atoms with van der Waals surface area (Å²) >= 11 is 0. The highest BCUT2D eigenvalue weighted by Gasteiger charge is 2.33. The topological polar surface area (TPSA) is 86.8 Å². The first kappa shape index (κ1) is 23.9. The van der Waals surface area contributed by atoms with Crippen molar-refractivity contribution in [3.8, 4) is 0 Å². The molecule has 1 fully saturated rings. The molecule has 0 saturated carbocycles. The Balaban J connectivity index is 1.51. The van der Waals surface area contributed by atoms with E-state index in [1.54, 1.807) is 49.4 Å². The quantitative estimate of drug-likeness (QED) is 0.654. The molecule has 1 heterocycles. The van der Waals surface area contributed by atoms with E-state index in [4.69, 9.17) is 0 Å². The van der Waals surface area contributed by atoms with Crippen molar-refractivity contribution in [2.45, 2.75) is 31.2 Å². The van der Waals surface area contributed by atoms with Crippen LogP contribution in [-0.2, 0) is 26.2 Å². The third-order valence-electron chi connectivity index (χ3n) is 5.61. The largest absolute Gasteiger partial charge is 0.350 e. The van der Waals surface area contributed by atoms with Crippen molar-refractivity contribution >= 4 is 21.8 Å². The van der Waals surface area contributed by atoms with Crippen LogP contribution in [0.5, 0.6) is 0 Å². The van der Waals surface area contributed by atoms with Crippen LogP contribution in [0.4, 0.5) is 4.39 Å². The molecule has 0 spiro atoms. The lowest BCUT2D eigenvalue weighted by molar-refractivity contribution is -0.140. The second-order valence-electron chi connectivity index (χ2n) is 7.75. The Kier molecular flexibility index (Phi) is 7.98. The molecular weight excluding hydrogens is 433 g/mol.